The van der Waals surface area contributed by atoms with Crippen LogP contribution in [-0.2, 0) is 6.54 Å². The minimum atomic E-state index is -0.154. The van der Waals surface area contributed by atoms with Crippen LogP contribution in [0.3, 0.4) is 0 Å². The van der Waals surface area contributed by atoms with Gasteiger partial charge in [0.2, 0.25) is 0 Å². The number of hydrogen-bond donors (Lipinski definition) is 1. The van der Waals surface area contributed by atoms with Gasteiger partial charge >= 0.3 is 0 Å². The highest BCUT2D eigenvalue weighted by Gasteiger charge is 2.19. The molecule has 0 spiro atoms. The first-order valence-corrected chi connectivity index (χ1v) is 8.87. The molecule has 4 rings (SSSR count). The number of carbonyl (C=O) groups is 1. The van der Waals surface area contributed by atoms with Crippen LogP contribution in [0.25, 0.3) is 11.0 Å². The van der Waals surface area contributed by atoms with Crippen molar-refractivity contribution in [3.8, 4) is 0 Å². The molecule has 0 aliphatic heterocycles. The Morgan fingerprint density at radius 3 is 2.37 bits per heavy atom. The summed E-state index contributed by atoms with van der Waals surface area (Å²) in [6.45, 7) is 4.43. The summed E-state index contributed by atoms with van der Waals surface area (Å²) in [6.07, 6.45) is 0. The Labute approximate surface area is 157 Å². The lowest BCUT2D eigenvalue weighted by molar-refractivity contribution is 0.102. The number of hydrogen-bond acceptors (Lipinski definition) is 3. The van der Waals surface area contributed by atoms with E-state index in [0.717, 1.165) is 33.7 Å². The van der Waals surface area contributed by atoms with Crippen LogP contribution in [0, 0.1) is 13.8 Å². The van der Waals surface area contributed by atoms with Crippen LogP contribution in [0.1, 0.15) is 27.3 Å². The maximum Gasteiger partial charge on any atom is 0.256 e. The quantitative estimate of drug-likeness (QED) is 0.591. The van der Waals surface area contributed by atoms with Gasteiger partial charge in [-0.05, 0) is 37.6 Å². The van der Waals surface area contributed by atoms with E-state index in [2.05, 4.69) is 27.5 Å². The molecule has 134 valence electrons. The van der Waals surface area contributed by atoms with E-state index in [9.17, 15) is 4.79 Å². The molecule has 2 aromatic carbocycles. The van der Waals surface area contributed by atoms with Gasteiger partial charge in [-0.1, -0.05) is 48.5 Å². The molecule has 0 unspecified atom stereocenters. The van der Waals surface area contributed by atoms with Crippen LogP contribution >= 0.6 is 0 Å². The highest BCUT2D eigenvalue weighted by atomic mass is 16.1. The highest BCUT2D eigenvalue weighted by molar-refractivity contribution is 6.12. The van der Waals surface area contributed by atoms with E-state index in [1.165, 1.54) is 0 Å². The molecule has 0 saturated heterocycles. The third kappa shape index (κ3) is 3.44. The zero-order valence-electron chi connectivity index (χ0n) is 15.3. The second-order valence-corrected chi connectivity index (χ2v) is 6.56. The minimum absolute atomic E-state index is 0.154. The maximum absolute atomic E-state index is 12.9. The fourth-order valence-electron chi connectivity index (χ4n) is 3.24. The van der Waals surface area contributed by atoms with Crippen molar-refractivity contribution in [2.24, 2.45) is 0 Å². The third-order valence-electron chi connectivity index (χ3n) is 4.46. The number of pyridine rings is 1. The standard InChI is InChI=1S/C22H20N4O/c1-15-13-19(22(27)24-18-11-7-4-8-12-18)20-16(2)25-26(21(20)23-15)14-17-9-5-3-6-10-17/h3-13H,14H2,1-2H3,(H,24,27). The van der Waals surface area contributed by atoms with Gasteiger partial charge in [0.05, 0.1) is 23.2 Å². The molecule has 0 aliphatic carbocycles. The van der Waals surface area contributed by atoms with Crippen LogP contribution < -0.4 is 5.32 Å². The number of para-hydroxylation sites is 1. The summed E-state index contributed by atoms with van der Waals surface area (Å²) in [4.78, 5) is 17.6. The first-order valence-electron chi connectivity index (χ1n) is 8.87. The Bertz CT molecular complexity index is 1100. The van der Waals surface area contributed by atoms with Gasteiger partial charge in [0.25, 0.3) is 5.91 Å². The van der Waals surface area contributed by atoms with E-state index in [1.54, 1.807) is 0 Å². The predicted molar refractivity (Wildman–Crippen MR) is 107 cm³/mol. The molecule has 0 aliphatic rings. The van der Waals surface area contributed by atoms with E-state index in [4.69, 9.17) is 0 Å². The Kier molecular flexibility index (Phi) is 4.42. The van der Waals surface area contributed by atoms with Gasteiger partial charge in [-0.15, -0.1) is 0 Å². The number of rotatable bonds is 4. The number of anilines is 1. The van der Waals surface area contributed by atoms with Gasteiger partial charge < -0.3 is 5.32 Å². The van der Waals surface area contributed by atoms with Crippen molar-refractivity contribution in [1.29, 1.82) is 0 Å². The number of carbonyl (C=O) groups excluding carboxylic acids is 1. The minimum Gasteiger partial charge on any atom is -0.322 e. The second kappa shape index (κ2) is 7.03. The van der Waals surface area contributed by atoms with Crippen LogP contribution in [-0.4, -0.2) is 20.7 Å². The maximum atomic E-state index is 12.9. The number of nitrogens with one attached hydrogen (secondary N) is 1. The van der Waals surface area contributed by atoms with Gasteiger partial charge in [0.1, 0.15) is 0 Å². The molecular formula is C22H20N4O. The van der Waals surface area contributed by atoms with Crippen molar-refractivity contribution in [2.75, 3.05) is 5.32 Å². The lowest BCUT2D eigenvalue weighted by atomic mass is 10.1. The van der Waals surface area contributed by atoms with E-state index in [1.807, 2.05) is 73.1 Å². The van der Waals surface area contributed by atoms with Crippen molar-refractivity contribution in [1.82, 2.24) is 14.8 Å². The number of nitrogens with zero attached hydrogens (tertiary/aromatic N) is 3. The molecule has 0 atom stereocenters. The van der Waals surface area contributed by atoms with E-state index < -0.39 is 0 Å². The van der Waals surface area contributed by atoms with Gasteiger partial charge in [0.15, 0.2) is 5.65 Å². The highest BCUT2D eigenvalue weighted by Crippen LogP contribution is 2.24. The van der Waals surface area contributed by atoms with Crippen LogP contribution in [0.4, 0.5) is 5.69 Å². The molecule has 27 heavy (non-hydrogen) atoms. The fraction of sp³-hybridized carbons (Fsp3) is 0.136. The first-order chi connectivity index (χ1) is 13.1. The van der Waals surface area contributed by atoms with Crippen LogP contribution in [0.2, 0.25) is 0 Å². The van der Waals surface area contributed by atoms with Gasteiger partial charge in [-0.3, -0.25) is 4.79 Å². The Balaban J connectivity index is 1.77. The van der Waals surface area contributed by atoms with Crippen LogP contribution in [0.15, 0.2) is 66.7 Å². The van der Waals surface area contributed by atoms with Crippen molar-refractivity contribution < 1.29 is 4.79 Å². The topological polar surface area (TPSA) is 59.8 Å². The van der Waals surface area contributed by atoms with Crippen molar-refractivity contribution in [3.05, 3.63) is 89.2 Å². The molecule has 5 nitrogen and oxygen atoms in total. The normalized spacial score (nSPS) is 10.9. The second-order valence-electron chi connectivity index (χ2n) is 6.56. The molecule has 2 heterocycles. The van der Waals surface area contributed by atoms with Crippen molar-refractivity contribution in [3.63, 3.8) is 0 Å². The molecule has 0 fully saturated rings. The largest absolute Gasteiger partial charge is 0.322 e. The van der Waals surface area contributed by atoms with Gasteiger partial charge in [-0.2, -0.15) is 5.10 Å². The number of fused-ring (bicyclic) bond motifs is 1. The molecule has 0 bridgehead atoms. The smallest absolute Gasteiger partial charge is 0.256 e. The van der Waals surface area contributed by atoms with Gasteiger partial charge in [0, 0.05) is 11.4 Å². The zero-order valence-corrected chi connectivity index (χ0v) is 15.3. The number of benzene rings is 2. The monoisotopic (exact) mass is 356 g/mol. The average Bonchev–Trinajstić information content (AvgIpc) is 2.98. The lowest BCUT2D eigenvalue weighted by Gasteiger charge is -2.08. The molecule has 0 saturated carbocycles. The van der Waals surface area contributed by atoms with E-state index in [0.29, 0.717) is 12.1 Å². The Morgan fingerprint density at radius 1 is 1.00 bits per heavy atom. The summed E-state index contributed by atoms with van der Waals surface area (Å²) in [5.41, 5.74) is 4.81. The Morgan fingerprint density at radius 2 is 1.67 bits per heavy atom. The zero-order chi connectivity index (χ0) is 18.8. The first kappa shape index (κ1) is 17.0. The average molecular weight is 356 g/mol. The van der Waals surface area contributed by atoms with E-state index >= 15 is 0 Å². The summed E-state index contributed by atoms with van der Waals surface area (Å²) in [6, 6.07) is 21.4. The lowest BCUT2D eigenvalue weighted by Crippen LogP contribution is -2.13. The molecule has 4 aromatic rings. The summed E-state index contributed by atoms with van der Waals surface area (Å²) >= 11 is 0. The third-order valence-corrected chi connectivity index (χ3v) is 4.46. The van der Waals surface area contributed by atoms with Gasteiger partial charge in [-0.25, -0.2) is 9.67 Å². The van der Waals surface area contributed by atoms with Crippen LogP contribution in [0.5, 0.6) is 0 Å². The fourth-order valence-corrected chi connectivity index (χ4v) is 3.24. The number of aromatic nitrogens is 3. The number of amides is 1. The van der Waals surface area contributed by atoms with E-state index in [-0.39, 0.29) is 5.91 Å². The molecule has 2 aromatic heterocycles. The predicted octanol–water partition coefficient (Wildman–Crippen LogP) is 4.35. The summed E-state index contributed by atoms with van der Waals surface area (Å²) < 4.78 is 1.87. The molecule has 0 radical (unpaired) electrons. The molecule has 5 heteroatoms. The summed E-state index contributed by atoms with van der Waals surface area (Å²) in [5.74, 6) is -0.154. The SMILES string of the molecule is Cc1cc(C(=O)Nc2ccccc2)c2c(C)nn(Cc3ccccc3)c2n1. The summed E-state index contributed by atoms with van der Waals surface area (Å²) in [7, 11) is 0. The molecular weight excluding hydrogens is 336 g/mol. The summed E-state index contributed by atoms with van der Waals surface area (Å²) in [5, 5.41) is 8.41. The number of aryl methyl sites for hydroxylation is 2. The molecule has 1 amide bonds. The van der Waals surface area contributed by atoms with Crippen molar-refractivity contribution in [2.45, 2.75) is 20.4 Å². The molecule has 1 N–H and O–H groups in total. The Hall–Kier alpha value is -3.47. The van der Waals surface area contributed by atoms with Crippen molar-refractivity contribution >= 4 is 22.6 Å².